The molecule has 8 heteroatoms. The van der Waals surface area contributed by atoms with E-state index in [0.29, 0.717) is 24.3 Å². The van der Waals surface area contributed by atoms with Crippen molar-refractivity contribution in [2.24, 2.45) is 0 Å². The summed E-state index contributed by atoms with van der Waals surface area (Å²) in [5, 5.41) is 12.3. The Morgan fingerprint density at radius 2 is 1.71 bits per heavy atom. The van der Waals surface area contributed by atoms with Crippen LogP contribution in [0.3, 0.4) is 0 Å². The number of aliphatic hydroxyl groups is 1. The number of amides is 1. The first-order valence-electron chi connectivity index (χ1n) is 6.25. The maximum atomic E-state index is 13.4. The summed E-state index contributed by atoms with van der Waals surface area (Å²) in [6.07, 6.45) is 0.834. The van der Waals surface area contributed by atoms with E-state index in [-0.39, 0.29) is 12.6 Å². The summed E-state index contributed by atoms with van der Waals surface area (Å²) in [6, 6.07) is 0.0351. The summed E-state index contributed by atoms with van der Waals surface area (Å²) in [5.41, 5.74) is -2.49. The van der Waals surface area contributed by atoms with Gasteiger partial charge in [0.25, 0.3) is 5.91 Å². The van der Waals surface area contributed by atoms with Gasteiger partial charge in [0.05, 0.1) is 5.60 Å². The Hall–Kier alpha value is -1.28. The molecule has 2 N–H and O–H groups in total. The Morgan fingerprint density at radius 3 is 2.24 bits per heavy atom. The van der Waals surface area contributed by atoms with Gasteiger partial charge in [-0.15, -0.1) is 0 Å². The number of hydrogen-bond acceptors (Lipinski definition) is 3. The minimum Gasteiger partial charge on any atom is -0.388 e. The third kappa shape index (κ3) is 3.49. The zero-order chi connectivity index (χ0) is 15.6. The zero-order valence-corrected chi connectivity index (χ0v) is 11.7. The lowest BCUT2D eigenvalue weighted by Crippen LogP contribution is -2.45. The van der Waals surface area contributed by atoms with Gasteiger partial charge in [0.1, 0.15) is 5.56 Å². The van der Waals surface area contributed by atoms with Crippen molar-refractivity contribution in [3.05, 3.63) is 34.9 Å². The minimum absolute atomic E-state index is 0.0351. The quantitative estimate of drug-likeness (QED) is 0.662. The largest absolute Gasteiger partial charge is 0.388 e. The summed E-state index contributed by atoms with van der Waals surface area (Å²) in [6.45, 7) is -0.233. The first-order chi connectivity index (χ1) is 9.84. The molecule has 3 nitrogen and oxygen atoms in total. The van der Waals surface area contributed by atoms with Crippen molar-refractivity contribution in [3.63, 3.8) is 0 Å². The summed E-state index contributed by atoms with van der Waals surface area (Å²) in [7, 11) is 0. The third-order valence-electron chi connectivity index (χ3n) is 3.34. The van der Waals surface area contributed by atoms with Crippen LogP contribution >= 0.6 is 11.8 Å². The average molecular weight is 323 g/mol. The van der Waals surface area contributed by atoms with Crippen LogP contribution in [0.25, 0.3) is 0 Å². The van der Waals surface area contributed by atoms with Crippen molar-refractivity contribution in [2.75, 3.05) is 18.1 Å². The Bertz CT molecular complexity index is 535. The molecular formula is C13H13F4NO2S. The van der Waals surface area contributed by atoms with Crippen LogP contribution in [-0.4, -0.2) is 34.7 Å². The molecule has 1 saturated heterocycles. The summed E-state index contributed by atoms with van der Waals surface area (Å²) >= 11 is 1.64. The van der Waals surface area contributed by atoms with Gasteiger partial charge in [-0.05, 0) is 24.3 Å². The van der Waals surface area contributed by atoms with E-state index >= 15 is 0 Å². The van der Waals surface area contributed by atoms with Crippen molar-refractivity contribution in [3.8, 4) is 0 Å². The van der Waals surface area contributed by atoms with Crippen molar-refractivity contribution in [2.45, 2.75) is 18.4 Å². The molecule has 0 aliphatic carbocycles. The SMILES string of the molecule is O=C(NCC1(O)CCSCC1)c1c(F)c(F)cc(F)c1F. The fourth-order valence-electron chi connectivity index (χ4n) is 2.03. The Labute approximate surface area is 122 Å². The molecule has 1 aromatic carbocycles. The van der Waals surface area contributed by atoms with E-state index in [9.17, 15) is 27.5 Å². The lowest BCUT2D eigenvalue weighted by atomic mass is 9.96. The molecule has 1 aliphatic heterocycles. The predicted molar refractivity (Wildman–Crippen MR) is 70.1 cm³/mol. The van der Waals surface area contributed by atoms with Gasteiger partial charge in [-0.3, -0.25) is 4.79 Å². The Balaban J connectivity index is 2.14. The van der Waals surface area contributed by atoms with Crippen LogP contribution in [0.4, 0.5) is 17.6 Å². The van der Waals surface area contributed by atoms with Gasteiger partial charge in [0.2, 0.25) is 0 Å². The Kier molecular flexibility index (Phi) is 4.77. The van der Waals surface area contributed by atoms with Gasteiger partial charge < -0.3 is 10.4 Å². The molecule has 21 heavy (non-hydrogen) atoms. The van der Waals surface area contributed by atoms with Crippen LogP contribution < -0.4 is 5.32 Å². The highest BCUT2D eigenvalue weighted by Crippen LogP contribution is 2.26. The van der Waals surface area contributed by atoms with Crippen LogP contribution in [0.1, 0.15) is 23.2 Å². The van der Waals surface area contributed by atoms with Gasteiger partial charge >= 0.3 is 0 Å². The number of carbonyl (C=O) groups excluding carboxylic acids is 1. The fourth-order valence-corrected chi connectivity index (χ4v) is 3.29. The first-order valence-corrected chi connectivity index (χ1v) is 7.41. The zero-order valence-electron chi connectivity index (χ0n) is 10.9. The molecule has 0 atom stereocenters. The average Bonchev–Trinajstić information content (AvgIpc) is 2.44. The van der Waals surface area contributed by atoms with E-state index < -0.39 is 40.3 Å². The molecule has 0 saturated carbocycles. The highest BCUT2D eigenvalue weighted by molar-refractivity contribution is 7.99. The van der Waals surface area contributed by atoms with Crippen LogP contribution in [0.15, 0.2) is 6.07 Å². The van der Waals surface area contributed by atoms with E-state index in [1.807, 2.05) is 0 Å². The molecule has 116 valence electrons. The van der Waals surface area contributed by atoms with Gasteiger partial charge in [-0.1, -0.05) is 0 Å². The minimum atomic E-state index is -1.75. The second-order valence-corrected chi connectivity index (χ2v) is 6.09. The molecular weight excluding hydrogens is 310 g/mol. The number of thioether (sulfide) groups is 1. The second-order valence-electron chi connectivity index (χ2n) is 4.86. The standard InChI is InChI=1S/C13H13F4NO2S/c14-7-5-8(15)11(17)9(10(7)16)12(19)18-6-13(20)1-3-21-4-2-13/h5,20H,1-4,6H2,(H,18,19). The molecule has 0 radical (unpaired) electrons. The fraction of sp³-hybridized carbons (Fsp3) is 0.462. The lowest BCUT2D eigenvalue weighted by molar-refractivity contribution is 0.0309. The van der Waals surface area contributed by atoms with Crippen molar-refractivity contribution in [1.29, 1.82) is 0 Å². The van der Waals surface area contributed by atoms with E-state index in [4.69, 9.17) is 0 Å². The molecule has 1 aliphatic rings. The molecule has 1 heterocycles. The predicted octanol–water partition coefficient (Wildman–Crippen LogP) is 2.23. The molecule has 1 fully saturated rings. The van der Waals surface area contributed by atoms with Crippen LogP contribution in [-0.2, 0) is 0 Å². The monoisotopic (exact) mass is 323 g/mol. The number of halogens is 4. The molecule has 1 aromatic rings. The molecule has 0 spiro atoms. The number of benzene rings is 1. The van der Waals surface area contributed by atoms with E-state index in [2.05, 4.69) is 5.32 Å². The molecule has 2 rings (SSSR count). The molecule has 0 unspecified atom stereocenters. The van der Waals surface area contributed by atoms with Crippen LogP contribution in [0, 0.1) is 23.3 Å². The van der Waals surface area contributed by atoms with E-state index in [1.165, 1.54) is 0 Å². The normalized spacial score (nSPS) is 17.6. The number of carbonyl (C=O) groups is 1. The maximum Gasteiger partial charge on any atom is 0.257 e. The number of rotatable bonds is 3. The topological polar surface area (TPSA) is 49.3 Å². The van der Waals surface area contributed by atoms with E-state index in [0.717, 1.165) is 0 Å². The van der Waals surface area contributed by atoms with Crippen LogP contribution in [0.5, 0.6) is 0 Å². The van der Waals surface area contributed by atoms with Gasteiger partial charge in [0, 0.05) is 12.6 Å². The summed E-state index contributed by atoms with van der Waals surface area (Å²) in [4.78, 5) is 11.7. The highest BCUT2D eigenvalue weighted by atomic mass is 32.2. The molecule has 0 aromatic heterocycles. The smallest absolute Gasteiger partial charge is 0.257 e. The number of nitrogens with one attached hydrogen (secondary N) is 1. The molecule has 1 amide bonds. The first kappa shape index (κ1) is 16.1. The van der Waals surface area contributed by atoms with Gasteiger partial charge in [0.15, 0.2) is 23.3 Å². The Morgan fingerprint density at radius 1 is 1.19 bits per heavy atom. The van der Waals surface area contributed by atoms with Crippen LogP contribution in [0.2, 0.25) is 0 Å². The second kappa shape index (κ2) is 6.23. The van der Waals surface area contributed by atoms with E-state index in [1.54, 1.807) is 11.8 Å². The highest BCUT2D eigenvalue weighted by Gasteiger charge is 2.31. The van der Waals surface area contributed by atoms with Crippen molar-refractivity contribution < 1.29 is 27.5 Å². The van der Waals surface area contributed by atoms with Gasteiger partial charge in [-0.2, -0.15) is 11.8 Å². The number of hydrogen-bond donors (Lipinski definition) is 2. The lowest BCUT2D eigenvalue weighted by Gasteiger charge is -2.31. The molecule has 0 bridgehead atoms. The van der Waals surface area contributed by atoms with Crippen molar-refractivity contribution >= 4 is 17.7 Å². The van der Waals surface area contributed by atoms with Crippen molar-refractivity contribution in [1.82, 2.24) is 5.32 Å². The summed E-state index contributed by atoms with van der Waals surface area (Å²) in [5.74, 6) is -6.70. The maximum absolute atomic E-state index is 13.4. The third-order valence-corrected chi connectivity index (χ3v) is 4.33. The van der Waals surface area contributed by atoms with Gasteiger partial charge in [-0.25, -0.2) is 17.6 Å². The summed E-state index contributed by atoms with van der Waals surface area (Å²) < 4.78 is 53.0.